The first-order valence-electron chi connectivity index (χ1n) is 7.94. The van der Waals surface area contributed by atoms with Gasteiger partial charge in [0.15, 0.2) is 11.6 Å². The molecule has 1 fully saturated rings. The van der Waals surface area contributed by atoms with Gasteiger partial charge in [0, 0.05) is 33.1 Å². The Hall–Kier alpha value is -2.25. The highest BCUT2D eigenvalue weighted by Crippen LogP contribution is 2.29. The summed E-state index contributed by atoms with van der Waals surface area (Å²) >= 11 is 0. The highest BCUT2D eigenvalue weighted by Gasteiger charge is 2.26. The number of aryl methyl sites for hydroxylation is 1. The Morgan fingerprint density at radius 2 is 2.04 bits per heavy atom. The van der Waals surface area contributed by atoms with Gasteiger partial charge in [0.1, 0.15) is 12.2 Å². The normalized spacial score (nSPS) is 15.9. The van der Waals surface area contributed by atoms with Crippen LogP contribution in [0.1, 0.15) is 37.2 Å². The lowest BCUT2D eigenvalue weighted by molar-refractivity contribution is 0.475. The largest absolute Gasteiger partial charge is 0.354 e. The van der Waals surface area contributed by atoms with Crippen molar-refractivity contribution in [2.45, 2.75) is 32.1 Å². The molecule has 3 rings (SSSR count). The van der Waals surface area contributed by atoms with Gasteiger partial charge < -0.3 is 9.80 Å². The van der Waals surface area contributed by atoms with Crippen LogP contribution in [-0.2, 0) is 6.42 Å². The van der Waals surface area contributed by atoms with E-state index < -0.39 is 0 Å². The number of rotatable bonds is 4. The molecule has 0 saturated carbocycles. The molecule has 0 aliphatic carbocycles. The highest BCUT2D eigenvalue weighted by molar-refractivity contribution is 5.41. The lowest BCUT2D eigenvalue weighted by Crippen LogP contribution is -2.34. The maximum absolute atomic E-state index is 14.4. The molecule has 1 aliphatic heterocycles. The monoisotopic (exact) mass is 319 g/mol. The fourth-order valence-corrected chi connectivity index (χ4v) is 2.87. The third-order valence-corrected chi connectivity index (χ3v) is 4.25. The van der Waals surface area contributed by atoms with E-state index in [-0.39, 0.29) is 5.82 Å². The minimum Gasteiger partial charge on any atom is -0.354 e. The first kappa shape index (κ1) is 15.6. The second-order valence-electron chi connectivity index (χ2n) is 5.99. The predicted molar refractivity (Wildman–Crippen MR) is 86.3 cm³/mol. The van der Waals surface area contributed by atoms with Crippen LogP contribution in [0.4, 0.5) is 16.2 Å². The molecule has 0 atom stereocenters. The minimum absolute atomic E-state index is 0.289. The zero-order valence-electron chi connectivity index (χ0n) is 13.8. The van der Waals surface area contributed by atoms with Gasteiger partial charge in [-0.1, -0.05) is 6.92 Å². The molecule has 23 heavy (non-hydrogen) atoms. The third kappa shape index (κ3) is 3.11. The van der Waals surface area contributed by atoms with E-state index >= 15 is 0 Å². The number of hydrogen-bond donors (Lipinski definition) is 1. The second kappa shape index (κ2) is 6.47. The summed E-state index contributed by atoms with van der Waals surface area (Å²) in [7, 11) is 3.83. The van der Waals surface area contributed by atoms with E-state index in [2.05, 4.69) is 25.1 Å². The maximum atomic E-state index is 14.4. The van der Waals surface area contributed by atoms with Gasteiger partial charge in [-0.2, -0.15) is 4.98 Å². The molecule has 2 aromatic heterocycles. The van der Waals surface area contributed by atoms with Crippen molar-refractivity contribution < 1.29 is 4.39 Å². The fourth-order valence-electron chi connectivity index (χ4n) is 2.87. The van der Waals surface area contributed by atoms with Crippen LogP contribution in [0.5, 0.6) is 0 Å². The Morgan fingerprint density at radius 1 is 1.30 bits per heavy atom. The van der Waals surface area contributed by atoms with Gasteiger partial charge in [0.25, 0.3) is 0 Å². The average Bonchev–Trinajstić information content (AvgIpc) is 3.06. The number of piperidine rings is 1. The quantitative estimate of drug-likeness (QED) is 0.925. The predicted octanol–water partition coefficient (Wildman–Crippen LogP) is 1.75. The van der Waals surface area contributed by atoms with Crippen LogP contribution in [0.3, 0.4) is 0 Å². The smallest absolute Gasteiger partial charge is 0.244 e. The Bertz CT molecular complexity index is 662. The summed E-state index contributed by atoms with van der Waals surface area (Å²) in [5.41, 5.74) is 0.475. The Morgan fingerprint density at radius 3 is 2.65 bits per heavy atom. The molecule has 0 amide bonds. The van der Waals surface area contributed by atoms with Crippen molar-refractivity contribution in [3.05, 3.63) is 23.7 Å². The number of aromatic nitrogens is 5. The molecule has 0 radical (unpaired) electrons. The maximum Gasteiger partial charge on any atom is 0.244 e. The molecule has 3 heterocycles. The van der Waals surface area contributed by atoms with E-state index in [1.165, 1.54) is 6.33 Å². The van der Waals surface area contributed by atoms with Crippen LogP contribution >= 0.6 is 0 Å². The molecule has 2 aromatic rings. The highest BCUT2D eigenvalue weighted by atomic mass is 19.1. The zero-order chi connectivity index (χ0) is 16.4. The molecule has 8 heteroatoms. The number of H-pyrrole nitrogens is 1. The summed E-state index contributed by atoms with van der Waals surface area (Å²) in [5.74, 6) is 2.05. The van der Waals surface area contributed by atoms with Gasteiger partial charge >= 0.3 is 0 Å². The number of hydrogen-bond acceptors (Lipinski definition) is 6. The minimum atomic E-state index is -0.289. The number of aromatic amines is 1. The van der Waals surface area contributed by atoms with E-state index in [9.17, 15) is 4.39 Å². The van der Waals surface area contributed by atoms with Crippen LogP contribution in [0, 0.1) is 5.82 Å². The van der Waals surface area contributed by atoms with Gasteiger partial charge in [-0.05, 0) is 19.3 Å². The van der Waals surface area contributed by atoms with Gasteiger partial charge in [-0.3, -0.25) is 5.10 Å². The second-order valence-corrected chi connectivity index (χ2v) is 5.99. The number of nitrogens with one attached hydrogen (secondary N) is 1. The molecule has 1 saturated heterocycles. The van der Waals surface area contributed by atoms with Gasteiger partial charge in [-0.25, -0.2) is 14.4 Å². The van der Waals surface area contributed by atoms with E-state index in [0.717, 1.165) is 31.8 Å². The lowest BCUT2D eigenvalue weighted by atomic mass is 9.96. The molecule has 0 spiro atoms. The van der Waals surface area contributed by atoms with Crippen molar-refractivity contribution in [1.82, 2.24) is 25.1 Å². The van der Waals surface area contributed by atoms with Crippen LogP contribution in [0.15, 0.2) is 6.33 Å². The van der Waals surface area contributed by atoms with E-state index in [4.69, 9.17) is 0 Å². The van der Waals surface area contributed by atoms with Crippen molar-refractivity contribution in [1.29, 1.82) is 0 Å². The fraction of sp³-hybridized carbons (Fsp3) is 0.600. The summed E-state index contributed by atoms with van der Waals surface area (Å²) in [6, 6.07) is 0. The molecule has 1 N–H and O–H groups in total. The summed E-state index contributed by atoms with van der Waals surface area (Å²) < 4.78 is 14.4. The van der Waals surface area contributed by atoms with Gasteiger partial charge in [-0.15, -0.1) is 5.10 Å². The third-order valence-electron chi connectivity index (χ3n) is 4.25. The van der Waals surface area contributed by atoms with Gasteiger partial charge in [0.05, 0.1) is 5.69 Å². The Balaban J connectivity index is 1.68. The van der Waals surface area contributed by atoms with Crippen molar-refractivity contribution in [3.8, 4) is 0 Å². The van der Waals surface area contributed by atoms with Crippen molar-refractivity contribution in [3.63, 3.8) is 0 Å². The molecule has 0 bridgehead atoms. The Labute approximate surface area is 135 Å². The van der Waals surface area contributed by atoms with E-state index in [1.54, 1.807) is 0 Å². The molecule has 124 valence electrons. The van der Waals surface area contributed by atoms with Crippen LogP contribution in [0.25, 0.3) is 0 Å². The molecule has 0 aromatic carbocycles. The molecule has 7 nitrogen and oxygen atoms in total. The van der Waals surface area contributed by atoms with Crippen molar-refractivity contribution in [2.24, 2.45) is 0 Å². The summed E-state index contributed by atoms with van der Waals surface area (Å²) in [4.78, 5) is 16.5. The first-order valence-corrected chi connectivity index (χ1v) is 7.94. The number of nitrogens with zero attached hydrogens (tertiary/aromatic N) is 6. The van der Waals surface area contributed by atoms with E-state index in [1.807, 2.05) is 30.8 Å². The van der Waals surface area contributed by atoms with Gasteiger partial charge in [0.2, 0.25) is 5.95 Å². The topological polar surface area (TPSA) is 73.8 Å². The van der Waals surface area contributed by atoms with Crippen LogP contribution in [0.2, 0.25) is 0 Å². The molecular formula is C15H22FN7. The SMILES string of the molecule is CCc1ncnc(N2CCC(c3nc(N(C)C)n[nH]3)CC2)c1F. The van der Waals surface area contributed by atoms with Crippen molar-refractivity contribution >= 4 is 11.8 Å². The summed E-state index contributed by atoms with van der Waals surface area (Å²) in [5, 5.41) is 7.22. The Kier molecular flexibility index (Phi) is 4.40. The van der Waals surface area contributed by atoms with Crippen LogP contribution in [-0.4, -0.2) is 52.3 Å². The number of anilines is 2. The van der Waals surface area contributed by atoms with Crippen molar-refractivity contribution in [2.75, 3.05) is 37.0 Å². The van der Waals surface area contributed by atoms with E-state index in [0.29, 0.717) is 29.8 Å². The summed E-state index contributed by atoms with van der Waals surface area (Å²) in [6.07, 6.45) is 3.81. The molecule has 1 aliphatic rings. The zero-order valence-corrected chi connectivity index (χ0v) is 13.8. The average molecular weight is 319 g/mol. The van der Waals surface area contributed by atoms with Crippen LogP contribution < -0.4 is 9.80 Å². The lowest BCUT2D eigenvalue weighted by Gasteiger charge is -2.32. The standard InChI is InChI=1S/C15H22FN7/c1-4-11-12(16)14(18-9-17-11)23-7-5-10(6-8-23)13-19-15(21-20-13)22(2)3/h9-10H,4-8H2,1-3H3,(H,19,20,21). The number of halogens is 1. The first-order chi connectivity index (χ1) is 11.1. The molecule has 0 unspecified atom stereocenters. The molecular weight excluding hydrogens is 297 g/mol. The summed E-state index contributed by atoms with van der Waals surface area (Å²) in [6.45, 7) is 3.40.